The highest BCUT2D eigenvalue weighted by Crippen LogP contribution is 2.26. The fourth-order valence-electron chi connectivity index (χ4n) is 2.44. The Bertz CT molecular complexity index is 731. The van der Waals surface area contributed by atoms with Crippen LogP contribution in [0.25, 0.3) is 11.1 Å². The van der Waals surface area contributed by atoms with Crippen molar-refractivity contribution in [1.82, 2.24) is 0 Å². The molecule has 2 aromatic carbocycles. The summed E-state index contributed by atoms with van der Waals surface area (Å²) in [6, 6.07) is 13.4. The number of fused-ring (bicyclic) bond motifs is 1. The lowest BCUT2D eigenvalue weighted by atomic mass is 9.97. The fraction of sp³-hybridized carbons (Fsp3) is 0.250. The molecule has 104 valence electrons. The molecule has 3 nitrogen and oxygen atoms in total. The molecule has 0 fully saturated rings. The molecule has 4 heteroatoms. The van der Waals surface area contributed by atoms with E-state index in [1.54, 1.807) is 12.1 Å². The second kappa shape index (κ2) is 5.04. The number of sulfone groups is 1. The first-order valence-electron chi connectivity index (χ1n) is 6.54. The van der Waals surface area contributed by atoms with E-state index in [-0.39, 0.29) is 0 Å². The van der Waals surface area contributed by atoms with Gasteiger partial charge in [0.15, 0.2) is 9.84 Å². The summed E-state index contributed by atoms with van der Waals surface area (Å²) < 4.78 is 28.3. The van der Waals surface area contributed by atoms with Crippen LogP contribution in [-0.4, -0.2) is 21.3 Å². The minimum atomic E-state index is -3.13. The average molecular weight is 288 g/mol. The van der Waals surface area contributed by atoms with Crippen LogP contribution in [0.3, 0.4) is 0 Å². The number of rotatable bonds is 2. The molecule has 0 atom stereocenters. The topological polar surface area (TPSA) is 43.4 Å². The summed E-state index contributed by atoms with van der Waals surface area (Å²) in [6.45, 7) is 1.45. The summed E-state index contributed by atoms with van der Waals surface area (Å²) in [5, 5.41) is 0. The van der Waals surface area contributed by atoms with Crippen molar-refractivity contribution in [2.45, 2.75) is 17.9 Å². The van der Waals surface area contributed by atoms with Crippen LogP contribution in [0, 0.1) is 0 Å². The molecular weight excluding hydrogens is 272 g/mol. The molecule has 20 heavy (non-hydrogen) atoms. The fourth-order valence-corrected chi connectivity index (χ4v) is 3.07. The number of hydrogen-bond acceptors (Lipinski definition) is 3. The van der Waals surface area contributed by atoms with Crippen molar-refractivity contribution >= 4 is 9.84 Å². The first-order chi connectivity index (χ1) is 9.54. The maximum absolute atomic E-state index is 11.5. The monoisotopic (exact) mass is 288 g/mol. The Hall–Kier alpha value is -1.65. The molecule has 0 spiro atoms. The van der Waals surface area contributed by atoms with E-state index < -0.39 is 9.84 Å². The van der Waals surface area contributed by atoms with Crippen LogP contribution in [0.1, 0.15) is 11.1 Å². The van der Waals surface area contributed by atoms with E-state index in [9.17, 15) is 8.42 Å². The molecule has 0 bridgehead atoms. The van der Waals surface area contributed by atoms with Gasteiger partial charge in [-0.15, -0.1) is 0 Å². The van der Waals surface area contributed by atoms with Crippen molar-refractivity contribution in [2.24, 2.45) is 0 Å². The number of benzene rings is 2. The van der Waals surface area contributed by atoms with Gasteiger partial charge in [-0.05, 0) is 40.8 Å². The van der Waals surface area contributed by atoms with Crippen LogP contribution >= 0.6 is 0 Å². The standard InChI is InChI=1S/C16H16O3S/c1-20(17,18)16-6-4-12(5-7-16)13-2-3-15-11-19-9-8-14(15)10-13/h2-7,10H,8-9,11H2,1H3. The Morgan fingerprint density at radius 2 is 1.65 bits per heavy atom. The zero-order valence-corrected chi connectivity index (χ0v) is 12.1. The molecule has 0 aromatic heterocycles. The Labute approximate surface area is 119 Å². The van der Waals surface area contributed by atoms with Gasteiger partial charge in [0.1, 0.15) is 0 Å². The Morgan fingerprint density at radius 3 is 2.35 bits per heavy atom. The second-order valence-corrected chi connectivity index (χ2v) is 7.10. The van der Waals surface area contributed by atoms with Crippen LogP contribution in [0.4, 0.5) is 0 Å². The summed E-state index contributed by atoms with van der Waals surface area (Å²) in [4.78, 5) is 0.354. The van der Waals surface area contributed by atoms with Crippen molar-refractivity contribution in [3.8, 4) is 11.1 Å². The molecular formula is C16H16O3S. The molecule has 0 aliphatic carbocycles. The van der Waals surface area contributed by atoms with Gasteiger partial charge in [0, 0.05) is 6.26 Å². The van der Waals surface area contributed by atoms with Crippen LogP contribution < -0.4 is 0 Å². The Morgan fingerprint density at radius 1 is 0.950 bits per heavy atom. The van der Waals surface area contributed by atoms with E-state index in [2.05, 4.69) is 18.2 Å². The maximum Gasteiger partial charge on any atom is 0.175 e. The van der Waals surface area contributed by atoms with E-state index in [0.717, 1.165) is 24.2 Å². The lowest BCUT2D eigenvalue weighted by Gasteiger charge is -2.17. The van der Waals surface area contributed by atoms with E-state index in [4.69, 9.17) is 4.74 Å². The predicted molar refractivity (Wildman–Crippen MR) is 78.3 cm³/mol. The average Bonchev–Trinajstić information content (AvgIpc) is 2.46. The highest BCUT2D eigenvalue weighted by Gasteiger charge is 2.11. The van der Waals surface area contributed by atoms with Gasteiger partial charge in [0.25, 0.3) is 0 Å². The molecule has 0 saturated carbocycles. The van der Waals surface area contributed by atoms with Gasteiger partial charge in [-0.25, -0.2) is 8.42 Å². The summed E-state index contributed by atoms with van der Waals surface area (Å²) in [5.41, 5.74) is 4.71. The molecule has 0 amide bonds. The molecule has 1 heterocycles. The van der Waals surface area contributed by atoms with Crippen molar-refractivity contribution in [1.29, 1.82) is 0 Å². The largest absolute Gasteiger partial charge is 0.376 e. The zero-order valence-electron chi connectivity index (χ0n) is 11.3. The first-order valence-corrected chi connectivity index (χ1v) is 8.43. The Balaban J connectivity index is 1.97. The summed E-state index contributed by atoms with van der Waals surface area (Å²) in [6.07, 6.45) is 2.16. The molecule has 0 N–H and O–H groups in total. The van der Waals surface area contributed by atoms with Gasteiger partial charge < -0.3 is 4.74 Å². The minimum absolute atomic E-state index is 0.354. The maximum atomic E-state index is 11.5. The summed E-state index contributed by atoms with van der Waals surface area (Å²) in [5.74, 6) is 0. The van der Waals surface area contributed by atoms with Crippen LogP contribution in [0.5, 0.6) is 0 Å². The first kappa shape index (κ1) is 13.3. The Kier molecular flexibility index (Phi) is 3.36. The minimum Gasteiger partial charge on any atom is -0.376 e. The molecule has 2 aromatic rings. The highest BCUT2D eigenvalue weighted by molar-refractivity contribution is 7.90. The quantitative estimate of drug-likeness (QED) is 0.853. The van der Waals surface area contributed by atoms with Gasteiger partial charge in [0.2, 0.25) is 0 Å². The summed E-state index contributed by atoms with van der Waals surface area (Å²) in [7, 11) is -3.13. The van der Waals surface area contributed by atoms with Crippen LogP contribution in [0.15, 0.2) is 47.4 Å². The van der Waals surface area contributed by atoms with Gasteiger partial charge >= 0.3 is 0 Å². The van der Waals surface area contributed by atoms with Crippen molar-refractivity contribution in [2.75, 3.05) is 12.9 Å². The molecule has 1 aliphatic rings. The van der Waals surface area contributed by atoms with Crippen LogP contribution in [-0.2, 0) is 27.6 Å². The summed E-state index contributed by atoms with van der Waals surface area (Å²) >= 11 is 0. The van der Waals surface area contributed by atoms with E-state index >= 15 is 0 Å². The molecule has 3 rings (SSSR count). The van der Waals surface area contributed by atoms with Crippen LogP contribution in [0.2, 0.25) is 0 Å². The van der Waals surface area contributed by atoms with Crippen molar-refractivity contribution < 1.29 is 13.2 Å². The van der Waals surface area contributed by atoms with Gasteiger partial charge in [-0.3, -0.25) is 0 Å². The van der Waals surface area contributed by atoms with Gasteiger partial charge in [-0.2, -0.15) is 0 Å². The lowest BCUT2D eigenvalue weighted by molar-refractivity contribution is 0.111. The van der Waals surface area contributed by atoms with Gasteiger partial charge in [-0.1, -0.05) is 30.3 Å². The second-order valence-electron chi connectivity index (χ2n) is 5.08. The predicted octanol–water partition coefficient (Wildman–Crippen LogP) is 2.83. The normalized spacial score (nSPS) is 14.8. The molecule has 1 aliphatic heterocycles. The number of ether oxygens (including phenoxy) is 1. The smallest absolute Gasteiger partial charge is 0.175 e. The molecule has 0 saturated heterocycles. The van der Waals surface area contributed by atoms with Crippen molar-refractivity contribution in [3.05, 3.63) is 53.6 Å². The van der Waals surface area contributed by atoms with E-state index in [1.807, 2.05) is 12.1 Å². The SMILES string of the molecule is CS(=O)(=O)c1ccc(-c2ccc3c(c2)CCOC3)cc1. The molecule has 0 unspecified atom stereocenters. The lowest BCUT2D eigenvalue weighted by Crippen LogP contribution is -2.09. The zero-order chi connectivity index (χ0) is 14.2. The molecule has 0 radical (unpaired) electrons. The number of hydrogen-bond donors (Lipinski definition) is 0. The highest BCUT2D eigenvalue weighted by atomic mass is 32.2. The van der Waals surface area contributed by atoms with E-state index in [0.29, 0.717) is 11.5 Å². The third kappa shape index (κ3) is 2.62. The third-order valence-corrected chi connectivity index (χ3v) is 4.72. The van der Waals surface area contributed by atoms with Crippen molar-refractivity contribution in [3.63, 3.8) is 0 Å². The third-order valence-electron chi connectivity index (χ3n) is 3.60. The van der Waals surface area contributed by atoms with E-state index in [1.165, 1.54) is 17.4 Å². The van der Waals surface area contributed by atoms with Gasteiger partial charge in [0.05, 0.1) is 18.1 Å².